The highest BCUT2D eigenvalue weighted by molar-refractivity contribution is 9.10. The minimum atomic E-state index is -0.0607. The monoisotopic (exact) mass is 297 g/mol. The number of halogens is 1. The third-order valence-electron chi connectivity index (χ3n) is 2.97. The van der Waals surface area contributed by atoms with Gasteiger partial charge in [-0.3, -0.25) is 4.79 Å². The van der Waals surface area contributed by atoms with E-state index in [-0.39, 0.29) is 11.9 Å². The molecule has 0 radical (unpaired) electrons. The van der Waals surface area contributed by atoms with Gasteiger partial charge in [0.2, 0.25) is 0 Å². The van der Waals surface area contributed by atoms with E-state index < -0.39 is 0 Å². The lowest BCUT2D eigenvalue weighted by molar-refractivity contribution is -0.150. The van der Waals surface area contributed by atoms with E-state index in [1.54, 1.807) is 0 Å². The first kappa shape index (κ1) is 12.6. The standard InChI is InChI=1S/C13H16BrNO2/c14-12-3-1-10(2-4-12)9-17-13(16)11-5-7-15-8-6-11/h1-4,11,15H,5-9H2. The molecule has 0 spiro atoms. The molecule has 0 aliphatic carbocycles. The van der Waals surface area contributed by atoms with Crippen LogP contribution in [0.25, 0.3) is 0 Å². The van der Waals surface area contributed by atoms with Gasteiger partial charge < -0.3 is 10.1 Å². The topological polar surface area (TPSA) is 38.3 Å². The van der Waals surface area contributed by atoms with Crippen LogP contribution < -0.4 is 5.32 Å². The molecule has 1 aliphatic heterocycles. The fraction of sp³-hybridized carbons (Fsp3) is 0.462. The number of hydrogen-bond acceptors (Lipinski definition) is 3. The van der Waals surface area contributed by atoms with Crippen molar-refractivity contribution in [1.82, 2.24) is 5.32 Å². The van der Waals surface area contributed by atoms with E-state index in [9.17, 15) is 4.79 Å². The number of nitrogens with one attached hydrogen (secondary N) is 1. The van der Waals surface area contributed by atoms with E-state index in [4.69, 9.17) is 4.74 Å². The molecule has 0 saturated carbocycles. The molecule has 1 aliphatic rings. The Hall–Kier alpha value is -0.870. The van der Waals surface area contributed by atoms with Gasteiger partial charge in [-0.05, 0) is 43.6 Å². The smallest absolute Gasteiger partial charge is 0.309 e. The summed E-state index contributed by atoms with van der Waals surface area (Å²) in [5.74, 6) is 0.0149. The van der Waals surface area contributed by atoms with E-state index in [0.29, 0.717) is 6.61 Å². The molecule has 0 unspecified atom stereocenters. The molecular formula is C13H16BrNO2. The molecule has 0 aromatic heterocycles. The quantitative estimate of drug-likeness (QED) is 0.871. The molecule has 1 heterocycles. The van der Waals surface area contributed by atoms with Crippen LogP contribution in [0, 0.1) is 5.92 Å². The molecule has 0 amide bonds. The van der Waals surface area contributed by atoms with Crippen molar-refractivity contribution >= 4 is 21.9 Å². The van der Waals surface area contributed by atoms with Gasteiger partial charge in [0, 0.05) is 4.47 Å². The van der Waals surface area contributed by atoms with Gasteiger partial charge in [-0.15, -0.1) is 0 Å². The summed E-state index contributed by atoms with van der Waals surface area (Å²) in [4.78, 5) is 11.8. The normalized spacial score (nSPS) is 16.8. The van der Waals surface area contributed by atoms with E-state index in [1.165, 1.54) is 0 Å². The van der Waals surface area contributed by atoms with Crippen LogP contribution >= 0.6 is 15.9 Å². The second-order valence-electron chi connectivity index (χ2n) is 4.26. The first-order valence-electron chi connectivity index (χ1n) is 5.87. The van der Waals surface area contributed by atoms with Gasteiger partial charge in [-0.25, -0.2) is 0 Å². The number of benzene rings is 1. The molecule has 2 rings (SSSR count). The van der Waals surface area contributed by atoms with Crippen molar-refractivity contribution in [2.24, 2.45) is 5.92 Å². The van der Waals surface area contributed by atoms with Crippen molar-refractivity contribution in [2.45, 2.75) is 19.4 Å². The van der Waals surface area contributed by atoms with E-state index in [0.717, 1.165) is 36.0 Å². The highest BCUT2D eigenvalue weighted by Gasteiger charge is 2.22. The first-order chi connectivity index (χ1) is 8.25. The fourth-order valence-corrected chi connectivity index (χ4v) is 2.17. The number of carbonyl (C=O) groups is 1. The van der Waals surface area contributed by atoms with Crippen LogP contribution in [-0.2, 0) is 16.1 Å². The van der Waals surface area contributed by atoms with E-state index in [2.05, 4.69) is 21.2 Å². The molecule has 92 valence electrons. The average molecular weight is 298 g/mol. The maximum absolute atomic E-state index is 11.8. The first-order valence-corrected chi connectivity index (χ1v) is 6.67. The molecule has 1 aromatic carbocycles. The third-order valence-corrected chi connectivity index (χ3v) is 3.50. The molecule has 1 saturated heterocycles. The van der Waals surface area contributed by atoms with Crippen LogP contribution in [0.15, 0.2) is 28.7 Å². The Kier molecular flexibility index (Phi) is 4.57. The van der Waals surface area contributed by atoms with Gasteiger partial charge in [-0.2, -0.15) is 0 Å². The van der Waals surface area contributed by atoms with Crippen LogP contribution in [0.3, 0.4) is 0 Å². The molecule has 0 bridgehead atoms. The maximum atomic E-state index is 11.8. The second kappa shape index (κ2) is 6.17. The van der Waals surface area contributed by atoms with Crippen LogP contribution in [0.2, 0.25) is 0 Å². The lowest BCUT2D eigenvalue weighted by Crippen LogP contribution is -2.32. The summed E-state index contributed by atoms with van der Waals surface area (Å²) in [6.45, 7) is 2.20. The summed E-state index contributed by atoms with van der Waals surface area (Å²) in [6, 6.07) is 7.82. The van der Waals surface area contributed by atoms with Crippen molar-refractivity contribution in [3.8, 4) is 0 Å². The molecule has 1 aromatic rings. The molecular weight excluding hydrogens is 282 g/mol. The van der Waals surface area contributed by atoms with E-state index >= 15 is 0 Å². The van der Waals surface area contributed by atoms with Gasteiger partial charge in [0.15, 0.2) is 0 Å². The van der Waals surface area contributed by atoms with Crippen LogP contribution in [-0.4, -0.2) is 19.1 Å². The summed E-state index contributed by atoms with van der Waals surface area (Å²) in [5.41, 5.74) is 1.02. The fourth-order valence-electron chi connectivity index (χ4n) is 1.91. The second-order valence-corrected chi connectivity index (χ2v) is 5.17. The lowest BCUT2D eigenvalue weighted by atomic mass is 9.98. The minimum Gasteiger partial charge on any atom is -0.461 e. The van der Waals surface area contributed by atoms with Crippen molar-refractivity contribution < 1.29 is 9.53 Å². The number of rotatable bonds is 3. The summed E-state index contributed by atoms with van der Waals surface area (Å²) in [6.07, 6.45) is 1.78. The van der Waals surface area contributed by atoms with Gasteiger partial charge >= 0.3 is 5.97 Å². The average Bonchev–Trinajstić information content (AvgIpc) is 2.39. The Morgan fingerprint density at radius 1 is 1.29 bits per heavy atom. The van der Waals surface area contributed by atoms with E-state index in [1.807, 2.05) is 24.3 Å². The van der Waals surface area contributed by atoms with Gasteiger partial charge in [0.05, 0.1) is 5.92 Å². The lowest BCUT2D eigenvalue weighted by Gasteiger charge is -2.20. The van der Waals surface area contributed by atoms with Crippen LogP contribution in [0.4, 0.5) is 0 Å². The van der Waals surface area contributed by atoms with Crippen molar-refractivity contribution in [3.05, 3.63) is 34.3 Å². The highest BCUT2D eigenvalue weighted by atomic mass is 79.9. The Morgan fingerprint density at radius 3 is 2.59 bits per heavy atom. The maximum Gasteiger partial charge on any atom is 0.309 e. The highest BCUT2D eigenvalue weighted by Crippen LogP contribution is 2.15. The number of esters is 1. The molecule has 1 N–H and O–H groups in total. The van der Waals surface area contributed by atoms with Crippen molar-refractivity contribution in [1.29, 1.82) is 0 Å². The Morgan fingerprint density at radius 2 is 1.94 bits per heavy atom. The van der Waals surface area contributed by atoms with Crippen molar-refractivity contribution in [2.75, 3.05) is 13.1 Å². The van der Waals surface area contributed by atoms with Crippen LogP contribution in [0.5, 0.6) is 0 Å². The van der Waals surface area contributed by atoms with Gasteiger partial charge in [-0.1, -0.05) is 28.1 Å². The third kappa shape index (κ3) is 3.82. The Balaban J connectivity index is 1.81. The number of hydrogen-bond donors (Lipinski definition) is 1. The summed E-state index contributed by atoms with van der Waals surface area (Å²) in [5, 5.41) is 3.24. The Bertz CT molecular complexity index is 372. The summed E-state index contributed by atoms with van der Waals surface area (Å²) in [7, 11) is 0. The molecule has 3 nitrogen and oxygen atoms in total. The molecule has 4 heteroatoms. The molecule has 17 heavy (non-hydrogen) atoms. The largest absolute Gasteiger partial charge is 0.461 e. The zero-order valence-corrected chi connectivity index (χ0v) is 11.2. The zero-order chi connectivity index (χ0) is 12.1. The van der Waals surface area contributed by atoms with Crippen molar-refractivity contribution in [3.63, 3.8) is 0 Å². The molecule has 0 atom stereocenters. The Labute approximate surface area is 110 Å². The minimum absolute atomic E-state index is 0.0607. The van der Waals surface area contributed by atoms with Gasteiger partial charge in [0.25, 0.3) is 0 Å². The number of carbonyl (C=O) groups excluding carboxylic acids is 1. The predicted molar refractivity (Wildman–Crippen MR) is 69.5 cm³/mol. The number of piperidine rings is 1. The van der Waals surface area contributed by atoms with Gasteiger partial charge in [0.1, 0.15) is 6.61 Å². The molecule has 1 fully saturated rings. The number of ether oxygens (including phenoxy) is 1. The predicted octanol–water partition coefficient (Wildman–Crippen LogP) is 2.49. The zero-order valence-electron chi connectivity index (χ0n) is 9.62. The summed E-state index contributed by atoms with van der Waals surface area (Å²) < 4.78 is 6.36. The summed E-state index contributed by atoms with van der Waals surface area (Å²) >= 11 is 3.37. The van der Waals surface area contributed by atoms with Crippen LogP contribution in [0.1, 0.15) is 18.4 Å². The SMILES string of the molecule is O=C(OCc1ccc(Br)cc1)C1CCNCC1.